The Kier molecular flexibility index (Phi) is 9.80. The van der Waals surface area contributed by atoms with Gasteiger partial charge in [-0.2, -0.15) is 0 Å². The van der Waals surface area contributed by atoms with E-state index in [-0.39, 0.29) is 17.9 Å². The molecule has 3 aromatic carbocycles. The number of ether oxygens (including phenoxy) is 2. The van der Waals surface area contributed by atoms with Crippen LogP contribution < -0.4 is 14.8 Å². The number of methoxy groups -OCH3 is 2. The Labute approximate surface area is 249 Å². The van der Waals surface area contributed by atoms with Gasteiger partial charge in [0.1, 0.15) is 0 Å². The molecule has 42 heavy (non-hydrogen) atoms. The van der Waals surface area contributed by atoms with Gasteiger partial charge in [0.25, 0.3) is 5.91 Å². The summed E-state index contributed by atoms with van der Waals surface area (Å²) in [7, 11) is 3.19. The maximum atomic E-state index is 13.5. The fraction of sp³-hybridized carbons (Fsp3) is 0.429. The molecule has 0 atom stereocenters. The quantitative estimate of drug-likeness (QED) is 0.319. The van der Waals surface area contributed by atoms with Crippen molar-refractivity contribution in [3.05, 3.63) is 94.5 Å². The summed E-state index contributed by atoms with van der Waals surface area (Å²) >= 11 is 0. The Balaban J connectivity index is 1.18. The summed E-state index contributed by atoms with van der Waals surface area (Å²) in [6.07, 6.45) is 5.12. The van der Waals surface area contributed by atoms with Gasteiger partial charge in [-0.1, -0.05) is 54.4 Å². The van der Waals surface area contributed by atoms with Crippen LogP contribution in [0.4, 0.5) is 0 Å². The first-order valence-electron chi connectivity index (χ1n) is 15.1. The zero-order chi connectivity index (χ0) is 29.5. The number of hydrogen-bond acceptors (Lipinski definition) is 5. The number of amides is 2. The zero-order valence-corrected chi connectivity index (χ0v) is 25.1. The number of benzene rings is 3. The van der Waals surface area contributed by atoms with Crippen LogP contribution in [-0.4, -0.2) is 55.0 Å². The SMILES string of the molecule is COc1ccc(CNC(=O)c2ccc(CN(C(=O)C3CCC3)C3CCN(Cc4ccc(C)cc4)CC3)cc2)cc1OC. The van der Waals surface area contributed by atoms with Gasteiger partial charge in [-0.15, -0.1) is 0 Å². The minimum Gasteiger partial charge on any atom is -0.493 e. The van der Waals surface area contributed by atoms with Crippen molar-refractivity contribution in [1.82, 2.24) is 15.1 Å². The molecule has 2 amide bonds. The molecule has 0 aromatic heterocycles. The molecule has 2 aliphatic rings. The fourth-order valence-electron chi connectivity index (χ4n) is 5.85. The van der Waals surface area contributed by atoms with Gasteiger partial charge < -0.3 is 19.7 Å². The van der Waals surface area contributed by atoms with Gasteiger partial charge in [0.15, 0.2) is 11.5 Å². The molecule has 5 rings (SSSR count). The van der Waals surface area contributed by atoms with Crippen LogP contribution in [0.5, 0.6) is 11.5 Å². The minimum absolute atomic E-state index is 0.139. The Morgan fingerprint density at radius 2 is 1.48 bits per heavy atom. The van der Waals surface area contributed by atoms with Crippen molar-refractivity contribution in [3.8, 4) is 11.5 Å². The maximum absolute atomic E-state index is 13.5. The van der Waals surface area contributed by atoms with Crippen molar-refractivity contribution in [2.24, 2.45) is 5.92 Å². The number of aryl methyl sites for hydroxylation is 1. The van der Waals surface area contributed by atoms with Crippen molar-refractivity contribution >= 4 is 11.8 Å². The molecule has 3 aromatic rings. The van der Waals surface area contributed by atoms with Crippen LogP contribution >= 0.6 is 0 Å². The highest BCUT2D eigenvalue weighted by molar-refractivity contribution is 5.94. The number of carbonyl (C=O) groups excluding carboxylic acids is 2. The third kappa shape index (κ3) is 7.32. The third-order valence-corrected chi connectivity index (χ3v) is 8.73. The number of carbonyl (C=O) groups is 2. The fourth-order valence-corrected chi connectivity index (χ4v) is 5.85. The maximum Gasteiger partial charge on any atom is 0.251 e. The summed E-state index contributed by atoms with van der Waals surface area (Å²) in [4.78, 5) is 31.0. The summed E-state index contributed by atoms with van der Waals surface area (Å²) in [5.74, 6) is 1.61. The molecular weight excluding hydrogens is 526 g/mol. The Hall–Kier alpha value is -3.84. The summed E-state index contributed by atoms with van der Waals surface area (Å²) in [6.45, 7) is 6.03. The van der Waals surface area contributed by atoms with Crippen molar-refractivity contribution in [1.29, 1.82) is 0 Å². The number of likely N-dealkylation sites (tertiary alicyclic amines) is 1. The largest absolute Gasteiger partial charge is 0.493 e. The van der Waals surface area contributed by atoms with Crippen molar-refractivity contribution in [2.45, 2.75) is 64.7 Å². The standard InChI is InChI=1S/C35H43N3O4/c1-25-7-9-26(10-8-25)23-37-19-17-31(18-20-37)38(35(40)30-5-4-6-30)24-27-11-14-29(15-12-27)34(39)36-22-28-13-16-32(41-2)33(21-28)42-3/h7-16,21,30-31H,4-6,17-20,22-24H2,1-3H3,(H,36,39). The highest BCUT2D eigenvalue weighted by atomic mass is 16.5. The summed E-state index contributed by atoms with van der Waals surface area (Å²) < 4.78 is 10.7. The Morgan fingerprint density at radius 3 is 2.10 bits per heavy atom. The Morgan fingerprint density at radius 1 is 0.833 bits per heavy atom. The molecule has 1 aliphatic heterocycles. The number of nitrogens with one attached hydrogen (secondary N) is 1. The first kappa shape index (κ1) is 29.6. The lowest BCUT2D eigenvalue weighted by atomic mass is 9.83. The molecule has 1 saturated heterocycles. The summed E-state index contributed by atoms with van der Waals surface area (Å²) in [5.41, 5.74) is 5.20. The molecule has 7 nitrogen and oxygen atoms in total. The smallest absolute Gasteiger partial charge is 0.251 e. The average molecular weight is 570 g/mol. The van der Waals surface area contributed by atoms with Crippen LogP contribution in [0.1, 0.15) is 64.7 Å². The molecule has 7 heteroatoms. The minimum atomic E-state index is -0.139. The molecule has 0 radical (unpaired) electrons. The second-order valence-corrected chi connectivity index (χ2v) is 11.7. The number of rotatable bonds is 11. The molecule has 1 aliphatic carbocycles. The zero-order valence-electron chi connectivity index (χ0n) is 25.1. The molecule has 1 N–H and O–H groups in total. The highest BCUT2D eigenvalue weighted by Gasteiger charge is 2.34. The molecule has 0 spiro atoms. The van der Waals surface area contributed by atoms with Crippen molar-refractivity contribution in [3.63, 3.8) is 0 Å². The lowest BCUT2D eigenvalue weighted by Crippen LogP contribution is -2.49. The second-order valence-electron chi connectivity index (χ2n) is 11.7. The topological polar surface area (TPSA) is 71.1 Å². The van der Waals surface area contributed by atoms with Gasteiger partial charge >= 0.3 is 0 Å². The molecule has 0 unspecified atom stereocenters. The van der Waals surface area contributed by atoms with Crippen LogP contribution in [0, 0.1) is 12.8 Å². The van der Waals surface area contributed by atoms with Crippen molar-refractivity contribution < 1.29 is 19.1 Å². The van der Waals surface area contributed by atoms with Crippen LogP contribution in [0.3, 0.4) is 0 Å². The third-order valence-electron chi connectivity index (χ3n) is 8.73. The monoisotopic (exact) mass is 569 g/mol. The van der Waals surface area contributed by atoms with E-state index >= 15 is 0 Å². The van der Waals surface area contributed by atoms with E-state index < -0.39 is 0 Å². The molecular formula is C35H43N3O4. The van der Waals surface area contributed by atoms with E-state index in [9.17, 15) is 9.59 Å². The van der Waals surface area contributed by atoms with E-state index in [4.69, 9.17) is 9.47 Å². The van der Waals surface area contributed by atoms with Crippen molar-refractivity contribution in [2.75, 3.05) is 27.3 Å². The Bertz CT molecular complexity index is 1340. The summed E-state index contributed by atoms with van der Waals surface area (Å²) in [6, 6.07) is 22.3. The molecule has 1 heterocycles. The molecule has 0 bridgehead atoms. The van der Waals surface area contributed by atoms with Gasteiger partial charge in [0, 0.05) is 50.2 Å². The predicted molar refractivity (Wildman–Crippen MR) is 165 cm³/mol. The predicted octanol–water partition coefficient (Wildman–Crippen LogP) is 5.74. The average Bonchev–Trinajstić information content (AvgIpc) is 2.99. The number of piperidine rings is 1. The second kappa shape index (κ2) is 13.9. The van der Waals surface area contributed by atoms with Crippen LogP contribution in [-0.2, 0) is 24.4 Å². The first-order valence-corrected chi connectivity index (χ1v) is 15.1. The van der Waals surface area contributed by atoms with Crippen LogP contribution in [0.25, 0.3) is 0 Å². The normalized spacial score (nSPS) is 16.0. The lowest BCUT2D eigenvalue weighted by Gasteiger charge is -2.41. The van der Waals surface area contributed by atoms with E-state index in [0.717, 1.165) is 62.9 Å². The van der Waals surface area contributed by atoms with Gasteiger partial charge in [0.05, 0.1) is 14.2 Å². The van der Waals surface area contributed by atoms with E-state index in [1.807, 2.05) is 42.5 Å². The number of hydrogen-bond donors (Lipinski definition) is 1. The lowest BCUT2D eigenvalue weighted by molar-refractivity contribution is -0.142. The molecule has 1 saturated carbocycles. The molecule has 2 fully saturated rings. The van der Waals surface area contributed by atoms with Crippen LogP contribution in [0.2, 0.25) is 0 Å². The number of nitrogens with zero attached hydrogens (tertiary/aromatic N) is 2. The van der Waals surface area contributed by atoms with Gasteiger partial charge in [-0.3, -0.25) is 14.5 Å². The van der Waals surface area contributed by atoms with Gasteiger partial charge in [-0.25, -0.2) is 0 Å². The van der Waals surface area contributed by atoms with E-state index in [1.54, 1.807) is 14.2 Å². The van der Waals surface area contributed by atoms with E-state index in [1.165, 1.54) is 11.1 Å². The molecule has 222 valence electrons. The van der Waals surface area contributed by atoms with Gasteiger partial charge in [-0.05, 0) is 73.6 Å². The van der Waals surface area contributed by atoms with E-state index in [0.29, 0.717) is 36.1 Å². The first-order chi connectivity index (χ1) is 20.4. The van der Waals surface area contributed by atoms with E-state index in [2.05, 4.69) is 46.3 Å². The van der Waals surface area contributed by atoms with Gasteiger partial charge in [0.2, 0.25) is 5.91 Å². The summed E-state index contributed by atoms with van der Waals surface area (Å²) in [5, 5.41) is 2.98. The highest BCUT2D eigenvalue weighted by Crippen LogP contribution is 2.32. The van der Waals surface area contributed by atoms with Crippen LogP contribution in [0.15, 0.2) is 66.7 Å².